The van der Waals surface area contributed by atoms with Crippen molar-refractivity contribution in [3.05, 3.63) is 0 Å². The summed E-state index contributed by atoms with van der Waals surface area (Å²) in [5.41, 5.74) is 0. The Morgan fingerprint density at radius 3 is 1.00 bits per heavy atom. The van der Waals surface area contributed by atoms with Gasteiger partial charge in [-0.25, -0.2) is 0 Å². The van der Waals surface area contributed by atoms with Crippen molar-refractivity contribution >= 4 is 17.4 Å². The van der Waals surface area contributed by atoms with Gasteiger partial charge in [0.15, 0.2) is 17.4 Å². The molecule has 0 atom stereocenters. The van der Waals surface area contributed by atoms with Crippen molar-refractivity contribution in [2.24, 2.45) is 0 Å². The summed E-state index contributed by atoms with van der Waals surface area (Å²) in [5, 5.41) is 0. The summed E-state index contributed by atoms with van der Waals surface area (Å²) in [6.07, 6.45) is 0. The Morgan fingerprint density at radius 2 is 1.00 bits per heavy atom. The van der Waals surface area contributed by atoms with Crippen molar-refractivity contribution in [3.63, 3.8) is 0 Å². The standard InChI is InChI=1S/Al.2Co.Mn.2Ni.O.3H. The normalized spacial score (nSPS) is 0.857. The van der Waals surface area contributed by atoms with Crippen molar-refractivity contribution in [3.8, 4) is 0 Å². The first kappa shape index (κ1) is 52.0. The van der Waals surface area contributed by atoms with E-state index in [9.17, 15) is 0 Å². The maximum atomic E-state index is 7.88. The van der Waals surface area contributed by atoms with E-state index in [0.29, 0.717) is 0 Å². The van der Waals surface area contributed by atoms with Gasteiger partial charge in [-0.1, -0.05) is 0 Å². The number of hydrogen-bond donors (Lipinski definition) is 0. The Bertz CT molecular complexity index is 15.7. The second kappa shape index (κ2) is 67.1. The summed E-state index contributed by atoms with van der Waals surface area (Å²) < 4.78 is 7.88. The Morgan fingerprint density at radius 1 is 1.00 bits per heavy atom. The summed E-state index contributed by atoms with van der Waals surface area (Å²) in [4.78, 5) is 0. The van der Waals surface area contributed by atoms with Crippen LogP contribution in [0.3, 0.4) is 0 Å². The van der Waals surface area contributed by atoms with Crippen LogP contribution >= 0.6 is 0 Å². The molecule has 0 heterocycles. The van der Waals surface area contributed by atoms with E-state index >= 15 is 0 Å². The topological polar surface area (TPSA) is 17.1 Å². The van der Waals surface area contributed by atoms with Crippen molar-refractivity contribution in [2.75, 3.05) is 0 Å². The van der Waals surface area contributed by atoms with E-state index in [-0.39, 0.29) is 84.5 Å². The Hall–Kier alpha value is 2.85. The van der Waals surface area contributed by atoms with E-state index in [1.54, 1.807) is 0 Å². The van der Waals surface area contributed by atoms with Crippen LogP contribution in [0, 0.1) is 0 Å². The number of hydrogen-bond acceptors (Lipinski definition) is 1. The molecule has 0 aliphatic carbocycles. The van der Waals surface area contributed by atoms with Gasteiger partial charge in [0, 0.05) is 67.1 Å². The molecule has 0 aliphatic heterocycles. The molecular weight excluding hydrogens is 333 g/mol. The average Bonchev–Trinajstić information content (AvgIpc) is 1.00. The molecule has 0 rings (SSSR count). The molecule has 0 spiro atoms. The maximum absolute atomic E-state index is 7.88. The van der Waals surface area contributed by atoms with Crippen LogP contribution in [0.1, 0.15) is 0 Å². The van der Waals surface area contributed by atoms with Crippen molar-refractivity contribution in [1.29, 1.82) is 0 Å². The summed E-state index contributed by atoms with van der Waals surface area (Å²) in [5.74, 6) is 0. The summed E-state index contributed by atoms with van der Waals surface area (Å²) >= 11 is 2.62. The van der Waals surface area contributed by atoms with Crippen molar-refractivity contribution in [2.45, 2.75) is 0 Å². The van der Waals surface area contributed by atoms with Crippen molar-refractivity contribution in [1.82, 2.24) is 0 Å². The van der Waals surface area contributed by atoms with Crippen LogP contribution in [-0.4, -0.2) is 17.4 Å². The molecule has 0 saturated heterocycles. The van der Waals surface area contributed by atoms with E-state index in [1.165, 1.54) is 0 Å². The predicted molar refractivity (Wildman–Crippen MR) is 10.6 cm³/mol. The molecule has 0 fully saturated rings. The van der Waals surface area contributed by atoms with Crippen LogP contribution in [0.25, 0.3) is 0 Å². The third-order valence-corrected chi connectivity index (χ3v) is 0. The first-order valence-corrected chi connectivity index (χ1v) is 0.532. The van der Waals surface area contributed by atoms with Crippen LogP contribution in [0.15, 0.2) is 0 Å². The molecule has 0 aromatic rings. The van der Waals surface area contributed by atoms with Crippen molar-refractivity contribution < 1.29 is 86.4 Å². The fraction of sp³-hybridized carbons (Fsp3) is 0. The minimum atomic E-state index is 0. The second-order valence-electron chi connectivity index (χ2n) is 0. The minimum absolute atomic E-state index is 0. The summed E-state index contributed by atoms with van der Waals surface area (Å²) in [7, 11) is 0. The molecule has 0 N–H and O–H groups in total. The molecule has 1 nitrogen and oxygen atoms in total. The third kappa shape index (κ3) is 51.1. The molecule has 3 radical (unpaired) electrons. The van der Waals surface area contributed by atoms with Gasteiger partial charge in [-0.2, -0.15) is 0 Å². The van der Waals surface area contributed by atoms with Crippen LogP contribution in [0.5, 0.6) is 0 Å². The van der Waals surface area contributed by atoms with Gasteiger partial charge in [-0.05, 0) is 0 Å². The first-order valence-electron chi connectivity index (χ1n) is 0.129. The molecule has 0 saturated carbocycles. The van der Waals surface area contributed by atoms with Crippen LogP contribution < -0.4 is 0 Å². The Labute approximate surface area is 102 Å². The molecule has 57 valence electrons. The molecular formula is H3AlCo2MnNi2O. The molecule has 7 heteroatoms. The van der Waals surface area contributed by atoms with Gasteiger partial charge in [-0.3, -0.25) is 0 Å². The number of rotatable bonds is 0. The van der Waals surface area contributed by atoms with Gasteiger partial charge in [0.25, 0.3) is 0 Å². The van der Waals surface area contributed by atoms with Gasteiger partial charge in [-0.15, -0.1) is 0 Å². The summed E-state index contributed by atoms with van der Waals surface area (Å²) in [6.45, 7) is 0. The van der Waals surface area contributed by atoms with E-state index in [1.807, 2.05) is 0 Å². The van der Waals surface area contributed by atoms with Gasteiger partial charge in [0.05, 0.1) is 0 Å². The molecule has 0 aliphatic rings. The Balaban J connectivity index is -0.000000000500. The zero-order chi connectivity index (χ0) is 2.00. The van der Waals surface area contributed by atoms with E-state index < -0.39 is 0 Å². The van der Waals surface area contributed by atoms with E-state index in [0.717, 1.165) is 0 Å². The first-order chi connectivity index (χ1) is 1.00. The monoisotopic (exact) mass is 335 g/mol. The van der Waals surface area contributed by atoms with Crippen LogP contribution in [-0.2, 0) is 86.4 Å². The molecule has 0 unspecified atom stereocenters. The molecule has 0 aromatic carbocycles. The molecule has 0 aromatic heterocycles. The average molecular weight is 336 g/mol. The molecule has 7 heavy (non-hydrogen) atoms. The van der Waals surface area contributed by atoms with Gasteiger partial charge < -0.3 is 0 Å². The molecule has 0 amide bonds. The fourth-order valence-corrected chi connectivity index (χ4v) is 0. The van der Waals surface area contributed by atoms with Gasteiger partial charge in [0.2, 0.25) is 0 Å². The van der Waals surface area contributed by atoms with Crippen LogP contribution in [0.4, 0.5) is 0 Å². The fourth-order valence-electron chi connectivity index (χ4n) is 0. The Kier molecular flexibility index (Phi) is 499. The van der Waals surface area contributed by atoms with E-state index in [4.69, 9.17) is 3.90 Å². The summed E-state index contributed by atoms with van der Waals surface area (Å²) in [6, 6.07) is 0. The molecule has 0 bridgehead atoms. The van der Waals surface area contributed by atoms with Gasteiger partial charge >= 0.3 is 19.3 Å². The predicted octanol–water partition coefficient (Wildman–Crippen LogP) is -1.32. The van der Waals surface area contributed by atoms with E-state index in [2.05, 4.69) is 15.4 Å². The third-order valence-electron chi connectivity index (χ3n) is 0. The zero-order valence-electron chi connectivity index (χ0n) is 2.09. The van der Waals surface area contributed by atoms with Gasteiger partial charge in [0.1, 0.15) is 0 Å². The SMILES string of the molecule is [AlH3].[Co].[Co].[Mn].[Ni].[O]=[Ni]. The quantitative estimate of drug-likeness (QED) is 0.502. The zero-order valence-corrected chi connectivity index (χ0v) is 7.32. The second-order valence-corrected chi connectivity index (χ2v) is 0. The van der Waals surface area contributed by atoms with Crippen LogP contribution in [0.2, 0.25) is 0 Å².